The number of imidazole rings is 1. The van der Waals surface area contributed by atoms with Gasteiger partial charge in [0.25, 0.3) is 0 Å². The highest BCUT2D eigenvalue weighted by molar-refractivity contribution is 7.99. The zero-order valence-electron chi connectivity index (χ0n) is 9.96. The van der Waals surface area contributed by atoms with Crippen LogP contribution in [0.1, 0.15) is 19.3 Å². The molecule has 0 aliphatic heterocycles. The number of hydrogen-bond acceptors (Lipinski definition) is 4. The van der Waals surface area contributed by atoms with Crippen LogP contribution in [-0.4, -0.2) is 40.1 Å². The zero-order chi connectivity index (χ0) is 12.5. The lowest BCUT2D eigenvalue weighted by Crippen LogP contribution is -2.03. The van der Waals surface area contributed by atoms with Gasteiger partial charge in [-0.1, -0.05) is 11.8 Å². The van der Waals surface area contributed by atoms with Crippen LogP contribution in [0.4, 0.5) is 0 Å². The molecule has 0 saturated heterocycles. The van der Waals surface area contributed by atoms with Crippen LogP contribution in [0.3, 0.4) is 0 Å². The van der Waals surface area contributed by atoms with Gasteiger partial charge in [0.1, 0.15) is 0 Å². The largest absolute Gasteiger partial charge is 0.481 e. The Bertz CT molecular complexity index is 341. The maximum Gasteiger partial charge on any atom is 0.313 e. The van der Waals surface area contributed by atoms with Crippen LogP contribution in [0, 0.1) is 0 Å². The van der Waals surface area contributed by atoms with Crippen LogP contribution >= 0.6 is 11.8 Å². The van der Waals surface area contributed by atoms with E-state index in [1.54, 1.807) is 13.3 Å². The van der Waals surface area contributed by atoms with Crippen molar-refractivity contribution in [3.8, 4) is 0 Å². The van der Waals surface area contributed by atoms with Gasteiger partial charge in [-0.2, -0.15) is 0 Å². The normalized spacial score (nSPS) is 10.6. The van der Waals surface area contributed by atoms with Crippen molar-refractivity contribution in [1.29, 1.82) is 0 Å². The third kappa shape index (κ3) is 5.74. The molecule has 0 unspecified atom stereocenters. The molecule has 0 aliphatic carbocycles. The highest BCUT2D eigenvalue weighted by atomic mass is 32.2. The fraction of sp³-hybridized carbons (Fsp3) is 0.636. The van der Waals surface area contributed by atoms with E-state index in [0.717, 1.165) is 37.6 Å². The van der Waals surface area contributed by atoms with E-state index >= 15 is 0 Å². The predicted molar refractivity (Wildman–Crippen MR) is 66.3 cm³/mol. The summed E-state index contributed by atoms with van der Waals surface area (Å²) in [5.41, 5.74) is 0. The SMILES string of the molecule is COCCCCCn1ccnc1SCC(=O)O. The van der Waals surface area contributed by atoms with Crippen molar-refractivity contribution in [2.75, 3.05) is 19.5 Å². The molecule has 1 rings (SSSR count). The van der Waals surface area contributed by atoms with Gasteiger partial charge in [-0.3, -0.25) is 4.79 Å². The summed E-state index contributed by atoms with van der Waals surface area (Å²) in [5.74, 6) is -0.759. The second-order valence-electron chi connectivity index (χ2n) is 3.64. The predicted octanol–water partition coefficient (Wildman–Crippen LogP) is 1.88. The molecule has 6 heteroatoms. The first-order chi connectivity index (χ1) is 8.24. The van der Waals surface area contributed by atoms with Gasteiger partial charge < -0.3 is 14.4 Å². The van der Waals surface area contributed by atoms with E-state index in [1.807, 2.05) is 10.8 Å². The maximum atomic E-state index is 10.5. The molecule has 1 N–H and O–H groups in total. The minimum Gasteiger partial charge on any atom is -0.481 e. The fourth-order valence-corrected chi connectivity index (χ4v) is 2.14. The van der Waals surface area contributed by atoms with Crippen LogP contribution in [0.2, 0.25) is 0 Å². The van der Waals surface area contributed by atoms with Crippen molar-refractivity contribution in [3.63, 3.8) is 0 Å². The van der Waals surface area contributed by atoms with Crippen molar-refractivity contribution < 1.29 is 14.6 Å². The Balaban J connectivity index is 2.27. The van der Waals surface area contributed by atoms with Crippen LogP contribution in [-0.2, 0) is 16.1 Å². The quantitative estimate of drug-likeness (QED) is 0.541. The monoisotopic (exact) mass is 258 g/mol. The van der Waals surface area contributed by atoms with Gasteiger partial charge in [-0.15, -0.1) is 0 Å². The summed E-state index contributed by atoms with van der Waals surface area (Å²) in [6, 6.07) is 0. The molecule has 17 heavy (non-hydrogen) atoms. The molecule has 5 nitrogen and oxygen atoms in total. The second-order valence-corrected chi connectivity index (χ2v) is 4.58. The summed E-state index contributed by atoms with van der Waals surface area (Å²) >= 11 is 1.26. The third-order valence-corrected chi connectivity index (χ3v) is 3.24. The molecule has 0 atom stereocenters. The Morgan fingerprint density at radius 1 is 1.53 bits per heavy atom. The number of rotatable bonds is 9. The number of aliphatic carboxylic acids is 1. The smallest absolute Gasteiger partial charge is 0.313 e. The van der Waals surface area contributed by atoms with Gasteiger partial charge in [-0.25, -0.2) is 4.98 Å². The number of carboxylic acid groups (broad SMARTS) is 1. The van der Waals surface area contributed by atoms with Crippen molar-refractivity contribution >= 4 is 17.7 Å². The van der Waals surface area contributed by atoms with E-state index < -0.39 is 5.97 Å². The molecule has 0 aromatic carbocycles. The molecule has 0 bridgehead atoms. The summed E-state index contributed by atoms with van der Waals surface area (Å²) in [6.45, 7) is 1.68. The number of ether oxygens (including phenoxy) is 1. The summed E-state index contributed by atoms with van der Waals surface area (Å²) in [6.07, 6.45) is 6.82. The zero-order valence-corrected chi connectivity index (χ0v) is 10.8. The molecule has 0 radical (unpaired) electrons. The fourth-order valence-electron chi connectivity index (χ4n) is 1.44. The van der Waals surface area contributed by atoms with Gasteiger partial charge in [0.2, 0.25) is 0 Å². The van der Waals surface area contributed by atoms with Gasteiger partial charge in [0.05, 0.1) is 5.75 Å². The Morgan fingerprint density at radius 3 is 3.06 bits per heavy atom. The number of aromatic nitrogens is 2. The van der Waals surface area contributed by atoms with Crippen molar-refractivity contribution in [3.05, 3.63) is 12.4 Å². The lowest BCUT2D eigenvalue weighted by molar-refractivity contribution is -0.133. The van der Waals surface area contributed by atoms with Crippen LogP contribution in [0.25, 0.3) is 0 Å². The Morgan fingerprint density at radius 2 is 2.35 bits per heavy atom. The van der Waals surface area contributed by atoms with Crippen LogP contribution in [0.15, 0.2) is 17.6 Å². The van der Waals surface area contributed by atoms with Crippen molar-refractivity contribution in [1.82, 2.24) is 9.55 Å². The van der Waals surface area contributed by atoms with E-state index in [4.69, 9.17) is 9.84 Å². The number of nitrogens with zero attached hydrogens (tertiary/aromatic N) is 2. The Labute approximate surface area is 105 Å². The molecule has 1 aromatic heterocycles. The van der Waals surface area contributed by atoms with Gasteiger partial charge in [-0.05, 0) is 19.3 Å². The molecule has 96 valence electrons. The summed E-state index contributed by atoms with van der Waals surface area (Å²) < 4.78 is 6.98. The molecule has 0 saturated carbocycles. The Kier molecular flexibility index (Phi) is 6.73. The third-order valence-electron chi connectivity index (χ3n) is 2.25. The van der Waals surface area contributed by atoms with E-state index in [-0.39, 0.29) is 5.75 Å². The van der Waals surface area contributed by atoms with E-state index in [0.29, 0.717) is 0 Å². The molecule has 1 heterocycles. The van der Waals surface area contributed by atoms with Gasteiger partial charge >= 0.3 is 5.97 Å². The minimum atomic E-state index is -0.815. The van der Waals surface area contributed by atoms with E-state index in [1.165, 1.54) is 11.8 Å². The number of methoxy groups -OCH3 is 1. The number of hydrogen-bond donors (Lipinski definition) is 1. The van der Waals surface area contributed by atoms with Gasteiger partial charge in [0, 0.05) is 32.7 Å². The number of unbranched alkanes of at least 4 members (excludes halogenated alkanes) is 2. The standard InChI is InChI=1S/C11H18N2O3S/c1-16-8-4-2-3-6-13-7-5-12-11(13)17-9-10(14)15/h5,7H,2-4,6,8-9H2,1H3,(H,14,15). The Hall–Kier alpha value is -1.01. The summed E-state index contributed by atoms with van der Waals surface area (Å²) in [4.78, 5) is 14.6. The minimum absolute atomic E-state index is 0.0562. The van der Waals surface area contributed by atoms with Crippen LogP contribution < -0.4 is 0 Å². The van der Waals surface area contributed by atoms with Gasteiger partial charge in [0.15, 0.2) is 5.16 Å². The highest BCUT2D eigenvalue weighted by Gasteiger charge is 2.05. The number of carboxylic acids is 1. The summed E-state index contributed by atoms with van der Waals surface area (Å²) in [7, 11) is 1.70. The highest BCUT2D eigenvalue weighted by Crippen LogP contribution is 2.16. The maximum absolute atomic E-state index is 10.5. The first kappa shape index (κ1) is 14.1. The second kappa shape index (κ2) is 8.14. The molecular formula is C11H18N2O3S. The average molecular weight is 258 g/mol. The van der Waals surface area contributed by atoms with Crippen molar-refractivity contribution in [2.45, 2.75) is 31.0 Å². The molecule has 0 spiro atoms. The summed E-state index contributed by atoms with van der Waals surface area (Å²) in [5, 5.41) is 9.38. The molecule has 0 fully saturated rings. The average Bonchev–Trinajstić information content (AvgIpc) is 2.73. The topological polar surface area (TPSA) is 64.4 Å². The lowest BCUT2D eigenvalue weighted by Gasteiger charge is -2.06. The first-order valence-electron chi connectivity index (χ1n) is 5.58. The lowest BCUT2D eigenvalue weighted by atomic mass is 10.2. The molecule has 1 aromatic rings. The van der Waals surface area contributed by atoms with E-state index in [2.05, 4.69) is 4.98 Å². The van der Waals surface area contributed by atoms with Crippen molar-refractivity contribution in [2.24, 2.45) is 0 Å². The number of thioether (sulfide) groups is 1. The number of carbonyl (C=O) groups is 1. The van der Waals surface area contributed by atoms with E-state index in [9.17, 15) is 4.79 Å². The molecule has 0 amide bonds. The molecular weight excluding hydrogens is 240 g/mol. The molecule has 0 aliphatic rings. The number of aryl methyl sites for hydroxylation is 1. The first-order valence-corrected chi connectivity index (χ1v) is 6.57. The van der Waals surface area contributed by atoms with Crippen LogP contribution in [0.5, 0.6) is 0 Å².